The summed E-state index contributed by atoms with van der Waals surface area (Å²) < 4.78 is 2.07. The Hall–Kier alpha value is -1.88. The number of carbonyl (C=O) groups excluding carboxylic acids is 1. The molecule has 2 aromatic rings. The fourth-order valence-electron chi connectivity index (χ4n) is 3.68. The molecule has 2 aliphatic rings. The van der Waals surface area contributed by atoms with Crippen LogP contribution in [0.25, 0.3) is 5.52 Å². The van der Waals surface area contributed by atoms with Gasteiger partial charge in [-0.05, 0) is 50.4 Å². The van der Waals surface area contributed by atoms with Crippen molar-refractivity contribution < 1.29 is 4.79 Å². The first-order valence-corrected chi connectivity index (χ1v) is 7.60. The van der Waals surface area contributed by atoms with Crippen molar-refractivity contribution >= 4 is 11.4 Å². The maximum Gasteiger partial charge on any atom is 0.224 e. The number of aromatic nitrogens is 2. The second kappa shape index (κ2) is 4.56. The van der Waals surface area contributed by atoms with E-state index in [0.717, 1.165) is 24.4 Å². The van der Waals surface area contributed by atoms with Crippen molar-refractivity contribution in [2.24, 2.45) is 17.8 Å². The summed E-state index contributed by atoms with van der Waals surface area (Å²) in [6, 6.07) is 4.01. The number of nitrogens with one attached hydrogen (secondary N) is 2. The zero-order valence-corrected chi connectivity index (χ0v) is 12.3. The minimum atomic E-state index is -0.0731. The molecule has 5 heteroatoms. The van der Waals surface area contributed by atoms with Gasteiger partial charge in [-0.3, -0.25) is 4.79 Å². The van der Waals surface area contributed by atoms with Gasteiger partial charge in [0, 0.05) is 12.1 Å². The molecule has 0 bridgehead atoms. The first kappa shape index (κ1) is 12.8. The summed E-state index contributed by atoms with van der Waals surface area (Å²) in [5.74, 6) is 2.39. The van der Waals surface area contributed by atoms with E-state index in [-0.39, 0.29) is 17.9 Å². The lowest BCUT2D eigenvalue weighted by atomic mass is 10.2. The van der Waals surface area contributed by atoms with Gasteiger partial charge in [-0.25, -0.2) is 4.98 Å². The van der Waals surface area contributed by atoms with E-state index in [1.54, 1.807) is 0 Å². The van der Waals surface area contributed by atoms with Gasteiger partial charge in [0.2, 0.25) is 5.91 Å². The van der Waals surface area contributed by atoms with E-state index in [4.69, 9.17) is 0 Å². The largest absolute Gasteiger partial charge is 0.346 e. The molecular weight excluding hydrogens is 264 g/mol. The highest BCUT2D eigenvalue weighted by atomic mass is 16.2. The topological polar surface area (TPSA) is 58.4 Å². The summed E-state index contributed by atoms with van der Waals surface area (Å²) in [6.45, 7) is 6.05. The highest BCUT2D eigenvalue weighted by molar-refractivity contribution is 5.83. The average Bonchev–Trinajstić information content (AvgIpc) is 2.84. The molecule has 21 heavy (non-hydrogen) atoms. The van der Waals surface area contributed by atoms with Crippen LogP contribution < -0.4 is 10.6 Å². The van der Waals surface area contributed by atoms with E-state index in [2.05, 4.69) is 33.0 Å². The lowest BCUT2D eigenvalue weighted by Gasteiger charge is -2.14. The number of nitrogens with zero attached hydrogens (tertiary/aromatic N) is 2. The van der Waals surface area contributed by atoms with Crippen molar-refractivity contribution in [2.45, 2.75) is 19.9 Å². The molecule has 2 N–H and O–H groups in total. The van der Waals surface area contributed by atoms with Crippen LogP contribution in [0.5, 0.6) is 0 Å². The quantitative estimate of drug-likeness (QED) is 0.893. The fourth-order valence-corrected chi connectivity index (χ4v) is 3.68. The van der Waals surface area contributed by atoms with Crippen LogP contribution in [0.3, 0.4) is 0 Å². The van der Waals surface area contributed by atoms with Crippen LogP contribution in [0.1, 0.15) is 24.4 Å². The van der Waals surface area contributed by atoms with Crippen LogP contribution in [0.15, 0.2) is 24.5 Å². The van der Waals surface area contributed by atoms with Gasteiger partial charge in [0.05, 0.1) is 17.8 Å². The molecule has 1 unspecified atom stereocenters. The first-order chi connectivity index (χ1) is 10.2. The predicted octanol–water partition coefficient (Wildman–Crippen LogP) is 1.29. The molecule has 1 aliphatic heterocycles. The van der Waals surface area contributed by atoms with E-state index in [1.165, 1.54) is 5.56 Å². The summed E-state index contributed by atoms with van der Waals surface area (Å²) in [5.41, 5.74) is 2.29. The molecule has 1 amide bonds. The normalized spacial score (nSPS) is 28.4. The Labute approximate surface area is 123 Å². The van der Waals surface area contributed by atoms with Gasteiger partial charge in [-0.15, -0.1) is 0 Å². The monoisotopic (exact) mass is 284 g/mol. The summed E-state index contributed by atoms with van der Waals surface area (Å²) in [7, 11) is 0. The number of rotatable bonds is 3. The van der Waals surface area contributed by atoms with Crippen LogP contribution in [-0.4, -0.2) is 28.4 Å². The molecule has 0 aromatic carbocycles. The third kappa shape index (κ3) is 1.95. The van der Waals surface area contributed by atoms with Gasteiger partial charge in [-0.2, -0.15) is 0 Å². The third-order valence-electron chi connectivity index (χ3n) is 4.95. The van der Waals surface area contributed by atoms with E-state index in [9.17, 15) is 4.79 Å². The van der Waals surface area contributed by atoms with Crippen LogP contribution >= 0.6 is 0 Å². The van der Waals surface area contributed by atoms with E-state index in [1.807, 2.05) is 25.4 Å². The van der Waals surface area contributed by atoms with E-state index < -0.39 is 0 Å². The molecule has 2 aromatic heterocycles. The number of imidazole rings is 1. The molecule has 2 fully saturated rings. The van der Waals surface area contributed by atoms with Gasteiger partial charge in [0.1, 0.15) is 5.82 Å². The summed E-state index contributed by atoms with van der Waals surface area (Å²) >= 11 is 0. The Bertz CT molecular complexity index is 697. The minimum Gasteiger partial charge on any atom is -0.346 e. The molecule has 5 nitrogen and oxygen atoms in total. The van der Waals surface area contributed by atoms with Crippen molar-refractivity contribution in [1.29, 1.82) is 0 Å². The Morgan fingerprint density at radius 1 is 1.48 bits per heavy atom. The predicted molar refractivity (Wildman–Crippen MR) is 79.8 cm³/mol. The maximum atomic E-state index is 12.4. The lowest BCUT2D eigenvalue weighted by Crippen LogP contribution is -2.32. The molecule has 3 heterocycles. The van der Waals surface area contributed by atoms with Crippen molar-refractivity contribution in [3.05, 3.63) is 35.9 Å². The summed E-state index contributed by atoms with van der Waals surface area (Å²) in [4.78, 5) is 16.8. The number of carbonyl (C=O) groups is 1. The van der Waals surface area contributed by atoms with Gasteiger partial charge in [0.15, 0.2) is 0 Å². The van der Waals surface area contributed by atoms with Crippen molar-refractivity contribution in [3.8, 4) is 0 Å². The zero-order valence-electron chi connectivity index (χ0n) is 12.3. The molecule has 1 saturated carbocycles. The molecule has 0 spiro atoms. The van der Waals surface area contributed by atoms with E-state index in [0.29, 0.717) is 11.8 Å². The lowest BCUT2D eigenvalue weighted by molar-refractivity contribution is -0.123. The van der Waals surface area contributed by atoms with Gasteiger partial charge in [-0.1, -0.05) is 6.07 Å². The number of amides is 1. The second-order valence-electron chi connectivity index (χ2n) is 6.30. The smallest absolute Gasteiger partial charge is 0.224 e. The highest BCUT2D eigenvalue weighted by Crippen LogP contribution is 2.48. The fraction of sp³-hybridized carbons (Fsp3) is 0.500. The average molecular weight is 284 g/mol. The van der Waals surface area contributed by atoms with Crippen LogP contribution in [-0.2, 0) is 4.79 Å². The number of aryl methyl sites for hydroxylation is 1. The molecule has 1 saturated heterocycles. The highest BCUT2D eigenvalue weighted by Gasteiger charge is 2.56. The number of pyridine rings is 1. The molecule has 4 atom stereocenters. The number of hydrogen-bond donors (Lipinski definition) is 2. The Morgan fingerprint density at radius 2 is 2.24 bits per heavy atom. The van der Waals surface area contributed by atoms with Crippen molar-refractivity contribution in [1.82, 2.24) is 20.0 Å². The Morgan fingerprint density at radius 3 is 3.00 bits per heavy atom. The van der Waals surface area contributed by atoms with E-state index >= 15 is 0 Å². The molecule has 1 aliphatic carbocycles. The Balaban J connectivity index is 1.52. The van der Waals surface area contributed by atoms with Gasteiger partial charge >= 0.3 is 0 Å². The standard InChI is InChI=1S/C16H20N4O/c1-9-4-3-5-20-13(9)8-18-15(20)10(2)19-16(21)14-11-6-17-7-12(11)14/h3-5,8,10-12,14,17H,6-7H2,1-2H3,(H,19,21)/t10-,11-,12+,14?/m0/s1. The van der Waals surface area contributed by atoms with Crippen molar-refractivity contribution in [3.63, 3.8) is 0 Å². The van der Waals surface area contributed by atoms with Crippen LogP contribution in [0, 0.1) is 24.7 Å². The molecular formula is C16H20N4O. The minimum absolute atomic E-state index is 0.0731. The Kier molecular flexibility index (Phi) is 2.79. The van der Waals surface area contributed by atoms with Crippen LogP contribution in [0.4, 0.5) is 0 Å². The number of fused-ring (bicyclic) bond motifs is 2. The third-order valence-corrected chi connectivity index (χ3v) is 4.95. The molecule has 4 rings (SSSR count). The summed E-state index contributed by atoms with van der Waals surface area (Å²) in [5, 5.41) is 6.46. The molecule has 0 radical (unpaired) electrons. The van der Waals surface area contributed by atoms with Gasteiger partial charge in [0.25, 0.3) is 0 Å². The SMILES string of the molecule is Cc1cccn2c([C@H](C)NC(=O)C3[C@H]4CNC[C@@H]34)ncc12. The van der Waals surface area contributed by atoms with Gasteiger partial charge < -0.3 is 15.0 Å². The summed E-state index contributed by atoms with van der Waals surface area (Å²) in [6.07, 6.45) is 3.88. The molecule has 110 valence electrons. The second-order valence-corrected chi connectivity index (χ2v) is 6.30. The maximum absolute atomic E-state index is 12.4. The number of hydrogen-bond acceptors (Lipinski definition) is 3. The first-order valence-electron chi connectivity index (χ1n) is 7.60. The zero-order chi connectivity index (χ0) is 14.6. The number of piperidine rings is 1. The van der Waals surface area contributed by atoms with Crippen LogP contribution in [0.2, 0.25) is 0 Å². The van der Waals surface area contributed by atoms with Crippen molar-refractivity contribution in [2.75, 3.05) is 13.1 Å².